The molecule has 128 valence electrons. The molecule has 0 radical (unpaired) electrons. The zero-order chi connectivity index (χ0) is 17.2. The number of nitrogens with one attached hydrogen (secondary N) is 1. The van der Waals surface area contributed by atoms with Gasteiger partial charge in [0.15, 0.2) is 0 Å². The lowest BCUT2D eigenvalue weighted by molar-refractivity contribution is -0.137. The Labute approximate surface area is 143 Å². The lowest BCUT2D eigenvalue weighted by Crippen LogP contribution is -2.32. The Morgan fingerprint density at radius 2 is 1.87 bits per heavy atom. The third kappa shape index (κ3) is 7.51. The highest BCUT2D eigenvalue weighted by Gasteiger charge is 2.23. The van der Waals surface area contributed by atoms with Crippen LogP contribution < -0.4 is 5.32 Å². The van der Waals surface area contributed by atoms with Gasteiger partial charge < -0.3 is 10.4 Å². The fourth-order valence-corrected chi connectivity index (χ4v) is 2.81. The molecule has 2 N–H and O–H groups in total. The van der Waals surface area contributed by atoms with E-state index >= 15 is 0 Å². The summed E-state index contributed by atoms with van der Waals surface area (Å²) < 4.78 is 0. The van der Waals surface area contributed by atoms with Crippen LogP contribution in [0, 0.1) is 5.92 Å². The Hall–Kier alpha value is -1.55. The predicted molar refractivity (Wildman–Crippen MR) is 92.8 cm³/mol. The Bertz CT molecular complexity index is 517. The van der Waals surface area contributed by atoms with Crippen molar-refractivity contribution in [3.63, 3.8) is 0 Å². The molecule has 0 aliphatic carbocycles. The van der Waals surface area contributed by atoms with Gasteiger partial charge in [-0.1, -0.05) is 50.4 Å². The van der Waals surface area contributed by atoms with Gasteiger partial charge in [-0.05, 0) is 36.5 Å². The van der Waals surface area contributed by atoms with Crippen molar-refractivity contribution in [2.24, 2.45) is 5.92 Å². The van der Waals surface area contributed by atoms with E-state index < -0.39 is 5.97 Å². The van der Waals surface area contributed by atoms with Crippen molar-refractivity contribution in [1.29, 1.82) is 0 Å². The first-order valence-corrected chi connectivity index (χ1v) is 8.54. The molecule has 0 heterocycles. The number of unbranched alkanes of at least 4 members (excludes halogenated alkanes) is 3. The van der Waals surface area contributed by atoms with Crippen LogP contribution in [0.3, 0.4) is 0 Å². The molecule has 5 heteroatoms. The maximum Gasteiger partial charge on any atom is 0.303 e. The van der Waals surface area contributed by atoms with Gasteiger partial charge in [-0.15, -0.1) is 0 Å². The van der Waals surface area contributed by atoms with E-state index in [2.05, 4.69) is 5.32 Å². The molecule has 0 aliphatic rings. The van der Waals surface area contributed by atoms with Gasteiger partial charge in [0, 0.05) is 18.0 Å². The normalized spacial score (nSPS) is 12.2. The van der Waals surface area contributed by atoms with Gasteiger partial charge in [0.1, 0.15) is 0 Å². The molecule has 1 amide bonds. The van der Waals surface area contributed by atoms with E-state index in [1.54, 1.807) is 6.07 Å². The average molecular weight is 340 g/mol. The van der Waals surface area contributed by atoms with E-state index in [1.807, 2.05) is 32.0 Å². The molecule has 0 saturated carbocycles. The van der Waals surface area contributed by atoms with Crippen LogP contribution in [0.15, 0.2) is 24.3 Å². The zero-order valence-electron chi connectivity index (χ0n) is 13.8. The number of benzene rings is 1. The molecule has 23 heavy (non-hydrogen) atoms. The van der Waals surface area contributed by atoms with Crippen LogP contribution >= 0.6 is 11.6 Å². The minimum atomic E-state index is -0.750. The Morgan fingerprint density at radius 1 is 1.17 bits per heavy atom. The van der Waals surface area contributed by atoms with Gasteiger partial charge in [0.25, 0.3) is 0 Å². The summed E-state index contributed by atoms with van der Waals surface area (Å²) in [5, 5.41) is 12.2. The fourth-order valence-electron chi connectivity index (χ4n) is 2.62. The van der Waals surface area contributed by atoms with Crippen molar-refractivity contribution < 1.29 is 14.7 Å². The van der Waals surface area contributed by atoms with Gasteiger partial charge in [0.05, 0.1) is 5.92 Å². The Morgan fingerprint density at radius 3 is 2.48 bits per heavy atom. The second kappa shape index (κ2) is 10.3. The highest BCUT2D eigenvalue weighted by molar-refractivity contribution is 6.30. The summed E-state index contributed by atoms with van der Waals surface area (Å²) in [4.78, 5) is 22.9. The number of carboxylic acids is 1. The highest BCUT2D eigenvalue weighted by atomic mass is 35.5. The molecule has 1 aromatic carbocycles. The van der Waals surface area contributed by atoms with E-state index in [-0.39, 0.29) is 24.2 Å². The number of carbonyl (C=O) groups is 2. The summed E-state index contributed by atoms with van der Waals surface area (Å²) in [7, 11) is 0. The Balaban J connectivity index is 2.40. The topological polar surface area (TPSA) is 66.4 Å². The van der Waals surface area contributed by atoms with Crippen LogP contribution in [0.4, 0.5) is 0 Å². The summed E-state index contributed by atoms with van der Waals surface area (Å²) >= 11 is 6.02. The molecule has 0 aliphatic heterocycles. The first-order valence-electron chi connectivity index (χ1n) is 8.16. The molecule has 1 atom stereocenters. The van der Waals surface area contributed by atoms with Crippen LogP contribution in [0.25, 0.3) is 0 Å². The summed E-state index contributed by atoms with van der Waals surface area (Å²) in [6.45, 7) is 4.67. The van der Waals surface area contributed by atoms with Crippen molar-refractivity contribution in [3.05, 3.63) is 34.9 Å². The van der Waals surface area contributed by atoms with Crippen LogP contribution in [0.1, 0.15) is 57.4 Å². The van der Waals surface area contributed by atoms with Gasteiger partial charge in [-0.25, -0.2) is 0 Å². The highest BCUT2D eigenvalue weighted by Crippen LogP contribution is 2.26. The summed E-state index contributed by atoms with van der Waals surface area (Å²) in [5.41, 5.74) is 0.937. The van der Waals surface area contributed by atoms with Gasteiger partial charge in [-0.3, -0.25) is 9.59 Å². The molecular weight excluding hydrogens is 314 g/mol. The lowest BCUT2D eigenvalue weighted by Gasteiger charge is -2.21. The summed E-state index contributed by atoms with van der Waals surface area (Å²) in [6, 6.07) is 7.44. The Kier molecular flexibility index (Phi) is 8.70. The van der Waals surface area contributed by atoms with E-state index in [4.69, 9.17) is 16.7 Å². The number of hydrogen-bond donors (Lipinski definition) is 2. The smallest absolute Gasteiger partial charge is 0.303 e. The van der Waals surface area contributed by atoms with Crippen LogP contribution in [0.5, 0.6) is 0 Å². The predicted octanol–water partition coefficient (Wildman–Crippen LogP) is 4.23. The number of hydrogen-bond acceptors (Lipinski definition) is 2. The lowest BCUT2D eigenvalue weighted by atomic mass is 9.87. The van der Waals surface area contributed by atoms with Gasteiger partial charge in [0.2, 0.25) is 5.91 Å². The molecular formula is C18H26ClNO3. The number of carbonyl (C=O) groups excluding carboxylic acids is 1. The van der Waals surface area contributed by atoms with Gasteiger partial charge in [-0.2, -0.15) is 0 Å². The van der Waals surface area contributed by atoms with E-state index in [1.165, 1.54) is 0 Å². The molecule has 0 saturated heterocycles. The molecule has 0 aromatic heterocycles. The van der Waals surface area contributed by atoms with E-state index in [9.17, 15) is 9.59 Å². The molecule has 1 rings (SSSR count). The first kappa shape index (κ1) is 19.5. The maximum atomic E-state index is 12.4. The van der Waals surface area contributed by atoms with Crippen molar-refractivity contribution in [3.8, 4) is 0 Å². The third-order valence-electron chi connectivity index (χ3n) is 3.77. The van der Waals surface area contributed by atoms with Crippen LogP contribution in [-0.4, -0.2) is 23.5 Å². The molecule has 1 unspecified atom stereocenters. The SMILES string of the molecule is CC(C)C(C(=O)NCCCCCCC(=O)O)c1cccc(Cl)c1. The van der Waals surface area contributed by atoms with Crippen molar-refractivity contribution in [2.75, 3.05) is 6.54 Å². The number of carboxylic acid groups (broad SMARTS) is 1. The second-order valence-electron chi connectivity index (χ2n) is 6.13. The van der Waals surface area contributed by atoms with Crippen LogP contribution in [-0.2, 0) is 9.59 Å². The average Bonchev–Trinajstić information content (AvgIpc) is 2.45. The number of rotatable bonds is 10. The quantitative estimate of drug-likeness (QED) is 0.627. The first-order chi connectivity index (χ1) is 10.9. The molecule has 1 aromatic rings. The molecule has 0 spiro atoms. The fraction of sp³-hybridized carbons (Fsp3) is 0.556. The van der Waals surface area contributed by atoms with E-state index in [0.29, 0.717) is 18.0 Å². The molecule has 0 fully saturated rings. The van der Waals surface area contributed by atoms with Crippen LogP contribution in [0.2, 0.25) is 5.02 Å². The number of amides is 1. The largest absolute Gasteiger partial charge is 0.481 e. The summed E-state index contributed by atoms with van der Waals surface area (Å²) in [5.74, 6) is -0.753. The molecule has 0 bridgehead atoms. The molecule has 4 nitrogen and oxygen atoms in total. The summed E-state index contributed by atoms with van der Waals surface area (Å²) in [6.07, 6.45) is 3.59. The second-order valence-corrected chi connectivity index (χ2v) is 6.56. The zero-order valence-corrected chi connectivity index (χ0v) is 14.6. The monoisotopic (exact) mass is 339 g/mol. The minimum Gasteiger partial charge on any atom is -0.481 e. The minimum absolute atomic E-state index is 0.0211. The standard InChI is InChI=1S/C18H26ClNO3/c1-13(2)17(14-8-7-9-15(19)12-14)18(23)20-11-6-4-3-5-10-16(21)22/h7-9,12-13,17H,3-6,10-11H2,1-2H3,(H,20,23)(H,21,22). The van der Waals surface area contributed by atoms with Crippen molar-refractivity contribution in [1.82, 2.24) is 5.32 Å². The van der Waals surface area contributed by atoms with Gasteiger partial charge >= 0.3 is 5.97 Å². The maximum absolute atomic E-state index is 12.4. The van der Waals surface area contributed by atoms with Crippen molar-refractivity contribution >= 4 is 23.5 Å². The number of halogens is 1. The third-order valence-corrected chi connectivity index (χ3v) is 4.01. The van der Waals surface area contributed by atoms with Crippen molar-refractivity contribution in [2.45, 2.75) is 51.9 Å². The number of aliphatic carboxylic acids is 1. The van der Waals surface area contributed by atoms with E-state index in [0.717, 1.165) is 24.8 Å².